The number of carbonyl (C=O) groups is 1. The molecule has 0 aliphatic rings. The van der Waals surface area contributed by atoms with Gasteiger partial charge in [-0.25, -0.2) is 9.18 Å². The maximum absolute atomic E-state index is 12.8. The Hall–Kier alpha value is -2.56. The van der Waals surface area contributed by atoms with Gasteiger partial charge in [0, 0.05) is 17.9 Å². The number of halogens is 1. The van der Waals surface area contributed by atoms with E-state index in [1.807, 2.05) is 12.1 Å². The molecule has 0 aliphatic heterocycles. The van der Waals surface area contributed by atoms with Crippen molar-refractivity contribution in [2.45, 2.75) is 6.54 Å². The molecule has 0 unspecified atom stereocenters. The second-order valence-electron chi connectivity index (χ2n) is 4.18. The Morgan fingerprint density at radius 2 is 1.85 bits per heavy atom. The zero-order valence-corrected chi connectivity index (χ0v) is 11.0. The second-order valence-corrected chi connectivity index (χ2v) is 4.18. The van der Waals surface area contributed by atoms with Gasteiger partial charge in [0.15, 0.2) is 0 Å². The average molecular weight is 274 g/mol. The number of amides is 1. The number of carbonyl (C=O) groups excluding carboxylic acids is 1. The Morgan fingerprint density at radius 3 is 2.55 bits per heavy atom. The van der Waals surface area contributed by atoms with E-state index in [2.05, 4.69) is 15.4 Å². The fraction of sp³-hybridized carbons (Fsp3) is 0.133. The summed E-state index contributed by atoms with van der Waals surface area (Å²) in [5.74, 6) is -0.252. The van der Waals surface area contributed by atoms with Gasteiger partial charge in [0.05, 0.1) is 7.11 Å². The van der Waals surface area contributed by atoms with Crippen molar-refractivity contribution in [2.24, 2.45) is 0 Å². The third kappa shape index (κ3) is 3.98. The van der Waals surface area contributed by atoms with Gasteiger partial charge in [0.25, 0.3) is 0 Å². The Balaban J connectivity index is 1.97. The quantitative estimate of drug-likeness (QED) is 0.895. The molecule has 104 valence electrons. The Labute approximate surface area is 116 Å². The van der Waals surface area contributed by atoms with Crippen LogP contribution in [-0.2, 0) is 11.3 Å². The predicted molar refractivity (Wildman–Crippen MR) is 76.2 cm³/mol. The van der Waals surface area contributed by atoms with E-state index in [9.17, 15) is 9.18 Å². The van der Waals surface area contributed by atoms with Gasteiger partial charge >= 0.3 is 6.09 Å². The predicted octanol–water partition coefficient (Wildman–Crippen LogP) is 3.62. The van der Waals surface area contributed by atoms with Crippen LogP contribution >= 0.6 is 0 Å². The highest BCUT2D eigenvalue weighted by Gasteiger charge is 2.01. The van der Waals surface area contributed by atoms with Crippen molar-refractivity contribution in [3.63, 3.8) is 0 Å². The highest BCUT2D eigenvalue weighted by molar-refractivity contribution is 5.85. The third-order valence-electron chi connectivity index (χ3n) is 2.70. The van der Waals surface area contributed by atoms with E-state index in [1.165, 1.54) is 19.2 Å². The highest BCUT2D eigenvalue weighted by Crippen LogP contribution is 2.16. The molecule has 0 atom stereocenters. The number of benzene rings is 2. The van der Waals surface area contributed by atoms with Gasteiger partial charge in [-0.15, -0.1) is 0 Å². The summed E-state index contributed by atoms with van der Waals surface area (Å²) in [7, 11) is 1.31. The first kappa shape index (κ1) is 13.9. The van der Waals surface area contributed by atoms with Crippen LogP contribution in [0.15, 0.2) is 48.5 Å². The molecule has 0 heterocycles. The molecule has 0 radical (unpaired) electrons. The molecule has 1 amide bonds. The van der Waals surface area contributed by atoms with Crippen molar-refractivity contribution in [3.05, 3.63) is 59.9 Å². The van der Waals surface area contributed by atoms with E-state index in [-0.39, 0.29) is 5.82 Å². The number of hydrogen-bond acceptors (Lipinski definition) is 3. The van der Waals surface area contributed by atoms with Gasteiger partial charge in [-0.3, -0.25) is 5.32 Å². The van der Waals surface area contributed by atoms with Crippen LogP contribution in [0.3, 0.4) is 0 Å². The van der Waals surface area contributed by atoms with Crippen molar-refractivity contribution < 1.29 is 13.9 Å². The lowest BCUT2D eigenvalue weighted by Gasteiger charge is -2.09. The largest absolute Gasteiger partial charge is 0.453 e. The van der Waals surface area contributed by atoms with E-state index >= 15 is 0 Å². The summed E-state index contributed by atoms with van der Waals surface area (Å²) in [5, 5.41) is 5.78. The van der Waals surface area contributed by atoms with Crippen LogP contribution in [0.5, 0.6) is 0 Å². The van der Waals surface area contributed by atoms with Crippen LogP contribution in [0.25, 0.3) is 0 Å². The lowest BCUT2D eigenvalue weighted by atomic mass is 10.2. The lowest BCUT2D eigenvalue weighted by molar-refractivity contribution is 0.187. The minimum Gasteiger partial charge on any atom is -0.453 e. The molecular formula is C15H15FN2O2. The van der Waals surface area contributed by atoms with Crippen molar-refractivity contribution in [1.82, 2.24) is 0 Å². The first-order valence-corrected chi connectivity index (χ1v) is 6.11. The van der Waals surface area contributed by atoms with E-state index in [1.54, 1.807) is 24.3 Å². The lowest BCUT2D eigenvalue weighted by Crippen LogP contribution is -2.11. The Bertz CT molecular complexity index is 585. The molecule has 2 aromatic carbocycles. The minimum atomic E-state index is -0.513. The topological polar surface area (TPSA) is 50.4 Å². The molecular weight excluding hydrogens is 259 g/mol. The molecule has 20 heavy (non-hydrogen) atoms. The SMILES string of the molecule is COC(=O)Nc1cccc(NCc2ccc(F)cc2)c1. The highest BCUT2D eigenvalue weighted by atomic mass is 19.1. The first-order chi connectivity index (χ1) is 9.67. The van der Waals surface area contributed by atoms with Gasteiger partial charge in [-0.05, 0) is 35.9 Å². The number of methoxy groups -OCH3 is 1. The molecule has 0 aliphatic carbocycles. The summed E-state index contributed by atoms with van der Waals surface area (Å²) in [6.45, 7) is 0.571. The number of ether oxygens (including phenoxy) is 1. The molecule has 2 aromatic rings. The molecule has 0 fully saturated rings. The number of anilines is 2. The zero-order valence-electron chi connectivity index (χ0n) is 11.0. The summed E-state index contributed by atoms with van der Waals surface area (Å²) in [4.78, 5) is 11.1. The molecule has 0 spiro atoms. The van der Waals surface area contributed by atoms with Crippen LogP contribution in [0.4, 0.5) is 20.6 Å². The summed E-state index contributed by atoms with van der Waals surface area (Å²) in [5.41, 5.74) is 2.46. The monoisotopic (exact) mass is 274 g/mol. The number of rotatable bonds is 4. The molecule has 5 heteroatoms. The van der Waals surface area contributed by atoms with E-state index < -0.39 is 6.09 Å². The van der Waals surface area contributed by atoms with Crippen molar-refractivity contribution >= 4 is 17.5 Å². The molecule has 0 saturated heterocycles. The normalized spacial score (nSPS) is 9.90. The smallest absolute Gasteiger partial charge is 0.411 e. The summed E-state index contributed by atoms with van der Waals surface area (Å²) in [6, 6.07) is 13.5. The Morgan fingerprint density at radius 1 is 1.15 bits per heavy atom. The van der Waals surface area contributed by atoms with Crippen LogP contribution in [0, 0.1) is 5.82 Å². The standard InChI is InChI=1S/C15H15FN2O2/c1-20-15(19)18-14-4-2-3-13(9-14)17-10-11-5-7-12(16)8-6-11/h2-9,17H,10H2,1H3,(H,18,19). The van der Waals surface area contributed by atoms with Gasteiger partial charge in [0.2, 0.25) is 0 Å². The van der Waals surface area contributed by atoms with E-state index in [0.29, 0.717) is 12.2 Å². The zero-order chi connectivity index (χ0) is 14.4. The minimum absolute atomic E-state index is 0.252. The van der Waals surface area contributed by atoms with Crippen LogP contribution in [0.2, 0.25) is 0 Å². The second kappa shape index (κ2) is 6.56. The average Bonchev–Trinajstić information content (AvgIpc) is 2.47. The van der Waals surface area contributed by atoms with Crippen molar-refractivity contribution in [3.8, 4) is 0 Å². The van der Waals surface area contributed by atoms with Gasteiger partial charge in [0.1, 0.15) is 5.82 Å². The van der Waals surface area contributed by atoms with E-state index in [4.69, 9.17) is 0 Å². The van der Waals surface area contributed by atoms with Gasteiger partial charge in [-0.1, -0.05) is 18.2 Å². The summed E-state index contributed by atoms with van der Waals surface area (Å²) in [6.07, 6.45) is -0.513. The number of nitrogens with one attached hydrogen (secondary N) is 2. The molecule has 2 N–H and O–H groups in total. The fourth-order valence-corrected chi connectivity index (χ4v) is 1.68. The summed E-state index contributed by atoms with van der Waals surface area (Å²) >= 11 is 0. The Kier molecular flexibility index (Phi) is 4.55. The van der Waals surface area contributed by atoms with Crippen molar-refractivity contribution in [1.29, 1.82) is 0 Å². The van der Waals surface area contributed by atoms with Crippen LogP contribution < -0.4 is 10.6 Å². The molecule has 0 saturated carbocycles. The van der Waals surface area contributed by atoms with Crippen LogP contribution in [-0.4, -0.2) is 13.2 Å². The van der Waals surface area contributed by atoms with Gasteiger partial charge < -0.3 is 10.1 Å². The molecule has 0 bridgehead atoms. The molecule has 0 aromatic heterocycles. The van der Waals surface area contributed by atoms with Crippen molar-refractivity contribution in [2.75, 3.05) is 17.7 Å². The van der Waals surface area contributed by atoms with Gasteiger partial charge in [-0.2, -0.15) is 0 Å². The van der Waals surface area contributed by atoms with Crippen LogP contribution in [0.1, 0.15) is 5.56 Å². The molecule has 2 rings (SSSR count). The fourth-order valence-electron chi connectivity index (χ4n) is 1.68. The maximum atomic E-state index is 12.8. The maximum Gasteiger partial charge on any atom is 0.411 e. The first-order valence-electron chi connectivity index (χ1n) is 6.11. The van der Waals surface area contributed by atoms with E-state index in [0.717, 1.165) is 11.3 Å². The number of hydrogen-bond donors (Lipinski definition) is 2. The summed E-state index contributed by atoms with van der Waals surface area (Å²) < 4.78 is 17.3. The molecule has 4 nitrogen and oxygen atoms in total. The third-order valence-corrected chi connectivity index (χ3v) is 2.70.